The molecule has 1 unspecified atom stereocenters. The molecule has 0 spiro atoms. The van der Waals surface area contributed by atoms with Crippen LogP contribution >= 0.6 is 11.3 Å². The molecule has 0 radical (unpaired) electrons. The van der Waals surface area contributed by atoms with Gasteiger partial charge in [0.2, 0.25) is 5.91 Å². The fourth-order valence-electron chi connectivity index (χ4n) is 2.33. The molecule has 2 heterocycles. The second-order valence-corrected chi connectivity index (χ2v) is 6.94. The number of carbonyl (C=O) groups excluding carboxylic acids is 3. The number of carbonyl (C=O) groups is 3. The van der Waals surface area contributed by atoms with Crippen LogP contribution in [0.3, 0.4) is 0 Å². The molecule has 26 heavy (non-hydrogen) atoms. The zero-order chi connectivity index (χ0) is 19.4. The molecule has 0 saturated carbocycles. The molecule has 0 bridgehead atoms. The second kappa shape index (κ2) is 8.13. The molecule has 0 aromatic carbocycles. The summed E-state index contributed by atoms with van der Waals surface area (Å²) in [6.45, 7) is 7.29. The van der Waals surface area contributed by atoms with Crippen molar-refractivity contribution in [1.29, 1.82) is 0 Å². The van der Waals surface area contributed by atoms with E-state index < -0.39 is 17.9 Å². The van der Waals surface area contributed by atoms with Gasteiger partial charge in [-0.2, -0.15) is 5.10 Å². The van der Waals surface area contributed by atoms with Gasteiger partial charge in [0.05, 0.1) is 23.2 Å². The van der Waals surface area contributed by atoms with Gasteiger partial charge in [-0.1, -0.05) is 6.92 Å². The van der Waals surface area contributed by atoms with Crippen molar-refractivity contribution in [3.63, 3.8) is 0 Å². The van der Waals surface area contributed by atoms with Gasteiger partial charge in [0.1, 0.15) is 11.0 Å². The molecule has 8 nitrogen and oxygen atoms in total. The maximum Gasteiger partial charge on any atom is 0.341 e. The van der Waals surface area contributed by atoms with Crippen LogP contribution in [0.4, 0.5) is 5.00 Å². The van der Waals surface area contributed by atoms with Crippen molar-refractivity contribution in [1.82, 2.24) is 9.78 Å². The van der Waals surface area contributed by atoms with Crippen molar-refractivity contribution < 1.29 is 19.1 Å². The van der Waals surface area contributed by atoms with E-state index in [4.69, 9.17) is 10.5 Å². The van der Waals surface area contributed by atoms with Crippen LogP contribution in [-0.4, -0.2) is 34.2 Å². The van der Waals surface area contributed by atoms with Gasteiger partial charge < -0.3 is 15.8 Å². The number of primary amides is 1. The number of nitrogens with zero attached hydrogens (tertiary/aromatic N) is 2. The molecule has 2 amide bonds. The van der Waals surface area contributed by atoms with Gasteiger partial charge in [-0.05, 0) is 38.3 Å². The standard InChI is InChI=1S/C17H22N4O4S/c1-5-6-25-17(24)12-10(3)13(14(18)22)26-16(12)20-15(23)11(4)21-8-9(2)7-19-21/h7-8,11H,5-6H2,1-4H3,(H2,18,22)(H,20,23). The van der Waals surface area contributed by atoms with Gasteiger partial charge in [-0.15, -0.1) is 11.3 Å². The van der Waals surface area contributed by atoms with E-state index in [9.17, 15) is 14.4 Å². The Bertz CT molecular complexity index is 840. The minimum Gasteiger partial charge on any atom is -0.462 e. The van der Waals surface area contributed by atoms with E-state index in [1.54, 1.807) is 26.2 Å². The van der Waals surface area contributed by atoms with Gasteiger partial charge in [-0.25, -0.2) is 4.79 Å². The third-order valence-corrected chi connectivity index (χ3v) is 4.98. The number of ether oxygens (including phenoxy) is 1. The van der Waals surface area contributed by atoms with Crippen LogP contribution in [0.1, 0.15) is 57.5 Å². The first-order valence-electron chi connectivity index (χ1n) is 8.18. The maximum absolute atomic E-state index is 12.6. The zero-order valence-electron chi connectivity index (χ0n) is 15.2. The second-order valence-electron chi connectivity index (χ2n) is 5.92. The number of nitrogens with one attached hydrogen (secondary N) is 1. The molecule has 2 rings (SSSR count). The quantitative estimate of drug-likeness (QED) is 0.718. The number of amides is 2. The summed E-state index contributed by atoms with van der Waals surface area (Å²) in [5, 5.41) is 7.07. The van der Waals surface area contributed by atoms with Crippen molar-refractivity contribution in [2.75, 3.05) is 11.9 Å². The van der Waals surface area contributed by atoms with Crippen LogP contribution in [0.2, 0.25) is 0 Å². The van der Waals surface area contributed by atoms with Crippen molar-refractivity contribution in [2.24, 2.45) is 5.73 Å². The van der Waals surface area contributed by atoms with Crippen molar-refractivity contribution in [2.45, 2.75) is 40.2 Å². The lowest BCUT2D eigenvalue weighted by Crippen LogP contribution is -2.24. The van der Waals surface area contributed by atoms with Crippen molar-refractivity contribution in [3.8, 4) is 0 Å². The zero-order valence-corrected chi connectivity index (χ0v) is 16.0. The Kier molecular flexibility index (Phi) is 6.14. The minimum atomic E-state index is -0.659. The summed E-state index contributed by atoms with van der Waals surface area (Å²) in [6.07, 6.45) is 4.06. The lowest BCUT2D eigenvalue weighted by molar-refractivity contribution is -0.119. The number of rotatable bonds is 7. The maximum atomic E-state index is 12.6. The highest BCUT2D eigenvalue weighted by molar-refractivity contribution is 7.18. The number of anilines is 1. The van der Waals surface area contributed by atoms with Crippen LogP contribution in [0.5, 0.6) is 0 Å². The third kappa shape index (κ3) is 4.10. The van der Waals surface area contributed by atoms with E-state index in [1.165, 1.54) is 4.68 Å². The molecule has 0 aliphatic rings. The van der Waals surface area contributed by atoms with Crippen molar-refractivity contribution in [3.05, 3.63) is 34.0 Å². The lowest BCUT2D eigenvalue weighted by Gasteiger charge is -2.13. The molecule has 2 aromatic heterocycles. The Morgan fingerprint density at radius 1 is 1.38 bits per heavy atom. The van der Waals surface area contributed by atoms with E-state index >= 15 is 0 Å². The number of hydrogen-bond donors (Lipinski definition) is 2. The van der Waals surface area contributed by atoms with E-state index in [1.807, 2.05) is 13.8 Å². The predicted molar refractivity (Wildman–Crippen MR) is 98.5 cm³/mol. The topological polar surface area (TPSA) is 116 Å². The van der Waals surface area contributed by atoms with Gasteiger partial charge in [0.15, 0.2) is 0 Å². The van der Waals surface area contributed by atoms with Gasteiger partial charge in [0.25, 0.3) is 5.91 Å². The molecular formula is C17H22N4O4S. The summed E-state index contributed by atoms with van der Waals surface area (Å²) in [5.41, 5.74) is 6.87. The first-order chi connectivity index (χ1) is 12.3. The molecule has 9 heteroatoms. The van der Waals surface area contributed by atoms with Crippen LogP contribution in [0, 0.1) is 13.8 Å². The average molecular weight is 378 g/mol. The summed E-state index contributed by atoms with van der Waals surface area (Å²) in [5.74, 6) is -1.62. The third-order valence-electron chi connectivity index (χ3n) is 3.76. The van der Waals surface area contributed by atoms with Crippen molar-refractivity contribution >= 4 is 34.1 Å². The number of hydrogen-bond acceptors (Lipinski definition) is 6. The molecule has 0 aliphatic heterocycles. The number of esters is 1. The van der Waals surface area contributed by atoms with Crippen LogP contribution in [-0.2, 0) is 9.53 Å². The molecule has 1 atom stereocenters. The normalized spacial score (nSPS) is 11.8. The monoisotopic (exact) mass is 378 g/mol. The Hall–Kier alpha value is -2.68. The van der Waals surface area contributed by atoms with Gasteiger partial charge in [0, 0.05) is 6.20 Å². The van der Waals surface area contributed by atoms with E-state index in [0.717, 1.165) is 16.9 Å². The average Bonchev–Trinajstić information content (AvgIpc) is 3.15. The summed E-state index contributed by atoms with van der Waals surface area (Å²) < 4.78 is 6.69. The number of aryl methyl sites for hydroxylation is 1. The Labute approximate surface area is 155 Å². The summed E-state index contributed by atoms with van der Waals surface area (Å²) >= 11 is 0.965. The molecule has 2 aromatic rings. The SMILES string of the molecule is CCCOC(=O)c1c(NC(=O)C(C)n2cc(C)cn2)sc(C(N)=O)c1C. The smallest absolute Gasteiger partial charge is 0.341 e. The summed E-state index contributed by atoms with van der Waals surface area (Å²) in [7, 11) is 0. The van der Waals surface area contributed by atoms with E-state index in [0.29, 0.717) is 12.0 Å². The highest BCUT2D eigenvalue weighted by Crippen LogP contribution is 2.34. The fourth-order valence-corrected chi connectivity index (χ4v) is 3.38. The lowest BCUT2D eigenvalue weighted by atomic mass is 10.1. The first-order valence-corrected chi connectivity index (χ1v) is 8.99. The predicted octanol–water partition coefficient (Wildman–Crippen LogP) is 2.43. The largest absolute Gasteiger partial charge is 0.462 e. The molecule has 0 fully saturated rings. The summed E-state index contributed by atoms with van der Waals surface area (Å²) in [6, 6.07) is -0.595. The fraction of sp³-hybridized carbons (Fsp3) is 0.412. The van der Waals surface area contributed by atoms with Gasteiger partial charge >= 0.3 is 5.97 Å². The molecule has 0 aliphatic carbocycles. The molecular weight excluding hydrogens is 356 g/mol. The van der Waals surface area contributed by atoms with E-state index in [-0.39, 0.29) is 28.0 Å². The number of nitrogens with two attached hydrogens (primary N) is 1. The van der Waals surface area contributed by atoms with Crippen LogP contribution < -0.4 is 11.1 Å². The van der Waals surface area contributed by atoms with Gasteiger partial charge in [-0.3, -0.25) is 14.3 Å². The Balaban J connectivity index is 2.32. The summed E-state index contributed by atoms with van der Waals surface area (Å²) in [4.78, 5) is 36.8. The van der Waals surface area contributed by atoms with Crippen LogP contribution in [0.25, 0.3) is 0 Å². The number of thiophene rings is 1. The first kappa shape index (κ1) is 19.6. The highest BCUT2D eigenvalue weighted by Gasteiger charge is 2.27. The number of aromatic nitrogens is 2. The van der Waals surface area contributed by atoms with Crippen LogP contribution in [0.15, 0.2) is 12.4 Å². The Morgan fingerprint density at radius 2 is 2.08 bits per heavy atom. The molecule has 0 saturated heterocycles. The molecule has 3 N–H and O–H groups in total. The minimum absolute atomic E-state index is 0.162. The highest BCUT2D eigenvalue weighted by atomic mass is 32.1. The Morgan fingerprint density at radius 3 is 2.62 bits per heavy atom. The van der Waals surface area contributed by atoms with E-state index in [2.05, 4.69) is 10.4 Å². The molecule has 140 valence electrons.